The maximum atomic E-state index is 13.2. The van der Waals surface area contributed by atoms with Crippen LogP contribution >= 0.6 is 24.0 Å². The number of methoxy groups -OCH3 is 1. The van der Waals surface area contributed by atoms with Crippen LogP contribution in [0, 0.1) is 0 Å². The molecule has 1 aliphatic heterocycles. The zero-order valence-electron chi connectivity index (χ0n) is 20.3. The quantitative estimate of drug-likeness (QED) is 0.135. The molecule has 0 N–H and O–H groups in total. The molecule has 1 heterocycles. The topological polar surface area (TPSA) is 38.8 Å². The van der Waals surface area contributed by atoms with Gasteiger partial charge in [-0.25, -0.2) is 0 Å². The Morgan fingerprint density at radius 3 is 2.51 bits per heavy atom. The second-order valence-electron chi connectivity index (χ2n) is 8.48. The number of thioether (sulfide) groups is 1. The van der Waals surface area contributed by atoms with E-state index in [-0.39, 0.29) is 5.91 Å². The number of para-hydroxylation sites is 1. The van der Waals surface area contributed by atoms with Crippen molar-refractivity contribution in [3.8, 4) is 11.5 Å². The van der Waals surface area contributed by atoms with Crippen molar-refractivity contribution in [2.45, 2.75) is 13.0 Å². The van der Waals surface area contributed by atoms with E-state index in [4.69, 9.17) is 21.7 Å². The predicted octanol–water partition coefficient (Wildman–Crippen LogP) is 7.56. The van der Waals surface area contributed by atoms with Crippen molar-refractivity contribution >= 4 is 56.7 Å². The van der Waals surface area contributed by atoms with Gasteiger partial charge in [0.15, 0.2) is 15.8 Å². The summed E-state index contributed by atoms with van der Waals surface area (Å²) in [5, 5.41) is 2.33. The zero-order chi connectivity index (χ0) is 25.8. The smallest absolute Gasteiger partial charge is 0.270 e. The van der Waals surface area contributed by atoms with E-state index in [9.17, 15) is 4.79 Å². The number of ether oxygens (including phenoxy) is 2. The molecule has 1 fully saturated rings. The molecule has 4 aromatic carbocycles. The van der Waals surface area contributed by atoms with Crippen LogP contribution in [-0.4, -0.2) is 17.3 Å². The Labute approximate surface area is 226 Å². The van der Waals surface area contributed by atoms with Gasteiger partial charge in [-0.15, -0.1) is 6.58 Å². The monoisotopic (exact) mass is 523 g/mol. The van der Waals surface area contributed by atoms with Crippen molar-refractivity contribution in [3.05, 3.63) is 119 Å². The van der Waals surface area contributed by atoms with Gasteiger partial charge >= 0.3 is 0 Å². The Bertz CT molecular complexity index is 1520. The van der Waals surface area contributed by atoms with Crippen LogP contribution < -0.4 is 14.4 Å². The van der Waals surface area contributed by atoms with Crippen LogP contribution in [0.2, 0.25) is 0 Å². The lowest BCUT2D eigenvalue weighted by molar-refractivity contribution is -0.113. The molecule has 1 amide bonds. The fourth-order valence-corrected chi connectivity index (χ4v) is 5.68. The van der Waals surface area contributed by atoms with Crippen molar-refractivity contribution in [2.75, 3.05) is 12.0 Å². The highest BCUT2D eigenvalue weighted by molar-refractivity contribution is 8.27. The van der Waals surface area contributed by atoms with Gasteiger partial charge in [0.2, 0.25) is 0 Å². The van der Waals surface area contributed by atoms with Gasteiger partial charge in [0.05, 0.1) is 17.7 Å². The second-order valence-corrected chi connectivity index (χ2v) is 10.2. The van der Waals surface area contributed by atoms with Crippen LogP contribution in [0.1, 0.15) is 16.7 Å². The van der Waals surface area contributed by atoms with Gasteiger partial charge in [-0.05, 0) is 58.7 Å². The summed E-state index contributed by atoms with van der Waals surface area (Å²) in [6.07, 6.45) is 4.28. The first-order valence-electron chi connectivity index (χ1n) is 11.8. The minimum atomic E-state index is -0.137. The van der Waals surface area contributed by atoms with E-state index in [1.807, 2.05) is 72.8 Å². The molecule has 5 rings (SSSR count). The summed E-state index contributed by atoms with van der Waals surface area (Å²) in [4.78, 5) is 15.3. The highest BCUT2D eigenvalue weighted by Gasteiger charge is 2.33. The third-order valence-electron chi connectivity index (χ3n) is 6.10. The van der Waals surface area contributed by atoms with E-state index in [0.717, 1.165) is 27.8 Å². The lowest BCUT2D eigenvalue weighted by atomic mass is 10.0. The molecule has 1 aliphatic rings. The average molecular weight is 524 g/mol. The average Bonchev–Trinajstić information content (AvgIpc) is 3.20. The van der Waals surface area contributed by atoms with E-state index in [2.05, 4.69) is 30.8 Å². The van der Waals surface area contributed by atoms with Gasteiger partial charge < -0.3 is 9.47 Å². The van der Waals surface area contributed by atoms with E-state index < -0.39 is 0 Å². The summed E-state index contributed by atoms with van der Waals surface area (Å²) in [6.45, 7) is 4.32. The van der Waals surface area contributed by atoms with Crippen molar-refractivity contribution in [1.82, 2.24) is 0 Å². The summed E-state index contributed by atoms with van der Waals surface area (Å²) in [7, 11) is 1.62. The number of thiocarbonyl (C=S) groups is 1. The molecule has 184 valence electrons. The lowest BCUT2D eigenvalue weighted by Gasteiger charge is -2.17. The van der Waals surface area contributed by atoms with Crippen LogP contribution in [-0.2, 0) is 17.8 Å². The predicted molar refractivity (Wildman–Crippen MR) is 157 cm³/mol. The molecule has 0 unspecified atom stereocenters. The van der Waals surface area contributed by atoms with Crippen molar-refractivity contribution < 1.29 is 14.3 Å². The Morgan fingerprint density at radius 2 is 1.73 bits per heavy atom. The van der Waals surface area contributed by atoms with E-state index in [0.29, 0.717) is 33.8 Å². The number of benzene rings is 4. The summed E-state index contributed by atoms with van der Waals surface area (Å²) < 4.78 is 12.6. The molecule has 0 spiro atoms. The minimum absolute atomic E-state index is 0.137. The number of amides is 1. The Kier molecular flexibility index (Phi) is 7.40. The standard InChI is InChI=1S/C31H25NO3S2/c1-3-10-23-17-21(19-28-30(33)32(31(36)37-28)25-14-5-4-6-15-25)18-27(34-2)29(23)35-20-24-13-9-12-22-11-7-8-16-26(22)24/h3-9,11-19H,1,10,20H2,2H3/b28-19+. The van der Waals surface area contributed by atoms with Crippen LogP contribution in [0.25, 0.3) is 16.8 Å². The molecule has 0 atom stereocenters. The summed E-state index contributed by atoms with van der Waals surface area (Å²) >= 11 is 6.81. The van der Waals surface area contributed by atoms with Gasteiger partial charge in [0, 0.05) is 5.56 Å². The number of fused-ring (bicyclic) bond motifs is 1. The number of hydrogen-bond donors (Lipinski definition) is 0. The fraction of sp³-hybridized carbons (Fsp3) is 0.0968. The van der Waals surface area contributed by atoms with Crippen molar-refractivity contribution in [2.24, 2.45) is 0 Å². The summed E-state index contributed by atoms with van der Waals surface area (Å²) in [5.41, 5.74) is 3.62. The summed E-state index contributed by atoms with van der Waals surface area (Å²) in [5.74, 6) is 1.13. The Balaban J connectivity index is 1.46. The molecule has 0 aromatic heterocycles. The summed E-state index contributed by atoms with van der Waals surface area (Å²) in [6, 6.07) is 27.8. The van der Waals surface area contributed by atoms with Gasteiger partial charge in [-0.1, -0.05) is 90.7 Å². The first kappa shape index (κ1) is 24.8. The van der Waals surface area contributed by atoms with Crippen molar-refractivity contribution in [3.63, 3.8) is 0 Å². The van der Waals surface area contributed by atoms with Crippen molar-refractivity contribution in [1.29, 1.82) is 0 Å². The van der Waals surface area contributed by atoms with Gasteiger partial charge in [0.25, 0.3) is 5.91 Å². The lowest BCUT2D eigenvalue weighted by Crippen LogP contribution is -2.27. The SMILES string of the molecule is C=CCc1cc(/C=C2/SC(=S)N(c3ccccc3)C2=O)cc(OC)c1OCc1cccc2ccccc12. The molecule has 6 heteroatoms. The third-order valence-corrected chi connectivity index (χ3v) is 7.40. The molecule has 4 aromatic rings. The molecule has 0 aliphatic carbocycles. The maximum Gasteiger partial charge on any atom is 0.270 e. The number of nitrogens with zero attached hydrogens (tertiary/aromatic N) is 1. The normalized spacial score (nSPS) is 14.4. The zero-order valence-corrected chi connectivity index (χ0v) is 22.0. The Morgan fingerprint density at radius 1 is 0.973 bits per heavy atom. The first-order chi connectivity index (χ1) is 18.1. The number of carbonyl (C=O) groups is 1. The fourth-order valence-electron chi connectivity index (χ4n) is 4.38. The van der Waals surface area contributed by atoms with E-state index in [1.54, 1.807) is 12.0 Å². The number of hydrogen-bond acceptors (Lipinski definition) is 5. The van der Waals surface area contributed by atoms with Gasteiger partial charge in [-0.3, -0.25) is 9.69 Å². The molecule has 0 radical (unpaired) electrons. The molecule has 0 bridgehead atoms. The minimum Gasteiger partial charge on any atom is -0.493 e. The van der Waals surface area contributed by atoms with Crippen LogP contribution in [0.3, 0.4) is 0 Å². The third kappa shape index (κ3) is 5.17. The Hall–Kier alpha value is -3.87. The van der Waals surface area contributed by atoms with Gasteiger partial charge in [-0.2, -0.15) is 0 Å². The van der Waals surface area contributed by atoms with E-state index >= 15 is 0 Å². The second kappa shape index (κ2) is 11.0. The molecule has 4 nitrogen and oxygen atoms in total. The number of anilines is 1. The van der Waals surface area contributed by atoms with Crippen LogP contribution in [0.4, 0.5) is 5.69 Å². The highest BCUT2D eigenvalue weighted by atomic mass is 32.2. The molecule has 0 saturated carbocycles. The number of rotatable bonds is 8. The van der Waals surface area contributed by atoms with Crippen LogP contribution in [0.15, 0.2) is 102 Å². The maximum absolute atomic E-state index is 13.2. The highest BCUT2D eigenvalue weighted by Crippen LogP contribution is 2.39. The van der Waals surface area contributed by atoms with Crippen LogP contribution in [0.5, 0.6) is 11.5 Å². The molecular formula is C31H25NO3S2. The number of allylic oxidation sites excluding steroid dienone is 1. The molecular weight excluding hydrogens is 498 g/mol. The molecule has 1 saturated heterocycles. The molecule has 37 heavy (non-hydrogen) atoms. The number of carbonyl (C=O) groups excluding carboxylic acids is 1. The van der Waals surface area contributed by atoms with E-state index in [1.165, 1.54) is 17.1 Å². The van der Waals surface area contributed by atoms with Gasteiger partial charge in [0.1, 0.15) is 6.61 Å². The largest absolute Gasteiger partial charge is 0.493 e. The first-order valence-corrected chi connectivity index (χ1v) is 13.1.